The van der Waals surface area contributed by atoms with Crippen molar-refractivity contribution in [2.24, 2.45) is 5.92 Å². The van der Waals surface area contributed by atoms with E-state index in [-0.39, 0.29) is 11.9 Å². The molecule has 0 aliphatic carbocycles. The maximum Gasteiger partial charge on any atom is 0.308 e. The molecule has 0 aliphatic rings. The van der Waals surface area contributed by atoms with E-state index in [1.807, 2.05) is 6.92 Å². The summed E-state index contributed by atoms with van der Waals surface area (Å²) in [6, 6.07) is 0. The van der Waals surface area contributed by atoms with Crippen molar-refractivity contribution in [2.75, 3.05) is 6.61 Å². The summed E-state index contributed by atoms with van der Waals surface area (Å²) in [5.41, 5.74) is 0. The van der Waals surface area contributed by atoms with E-state index in [1.54, 1.807) is 0 Å². The Kier molecular flexibility index (Phi) is 7.33. The van der Waals surface area contributed by atoms with E-state index in [4.69, 9.17) is 4.74 Å². The molecule has 0 heterocycles. The highest BCUT2D eigenvalue weighted by molar-refractivity contribution is 9.09. The fourth-order valence-corrected chi connectivity index (χ4v) is 1.12. The first-order valence-electron chi connectivity index (χ1n) is 4.92. The lowest BCUT2D eigenvalue weighted by Crippen LogP contribution is -2.19. The maximum atomic E-state index is 11.3. The fraction of sp³-hybridized carbons (Fsp3) is 0.900. The number of carbonyl (C=O) groups is 1. The summed E-state index contributed by atoms with van der Waals surface area (Å²) in [6.45, 7) is 6.54. The van der Waals surface area contributed by atoms with Gasteiger partial charge in [-0.3, -0.25) is 4.79 Å². The van der Waals surface area contributed by atoms with Gasteiger partial charge in [0.1, 0.15) is 6.61 Å². The minimum Gasteiger partial charge on any atom is -0.464 e. The smallest absolute Gasteiger partial charge is 0.308 e. The topological polar surface area (TPSA) is 26.3 Å². The summed E-state index contributed by atoms with van der Waals surface area (Å²) in [5, 5.41) is 0. The molecule has 0 spiro atoms. The predicted molar refractivity (Wildman–Crippen MR) is 58.0 cm³/mol. The normalized spacial score (nSPS) is 15.1. The highest BCUT2D eigenvalue weighted by Gasteiger charge is 2.14. The molecule has 0 aromatic carbocycles. The summed E-state index contributed by atoms with van der Waals surface area (Å²) in [5.74, 6) is -0.0266. The maximum absolute atomic E-state index is 11.3. The SMILES string of the molecule is CCCC(C)C(=O)OCC(Br)CC. The van der Waals surface area contributed by atoms with Crippen molar-refractivity contribution in [1.29, 1.82) is 0 Å². The lowest BCUT2D eigenvalue weighted by molar-refractivity contribution is -0.148. The zero-order valence-electron chi connectivity index (χ0n) is 8.68. The van der Waals surface area contributed by atoms with E-state index >= 15 is 0 Å². The van der Waals surface area contributed by atoms with Gasteiger partial charge >= 0.3 is 5.97 Å². The summed E-state index contributed by atoms with van der Waals surface area (Å²) >= 11 is 3.42. The molecule has 78 valence electrons. The van der Waals surface area contributed by atoms with Crippen LogP contribution in [0.5, 0.6) is 0 Å². The molecule has 3 heteroatoms. The second-order valence-electron chi connectivity index (χ2n) is 3.33. The minimum absolute atomic E-state index is 0.0431. The third-order valence-electron chi connectivity index (χ3n) is 1.97. The van der Waals surface area contributed by atoms with E-state index in [1.165, 1.54) is 0 Å². The molecule has 0 N–H and O–H groups in total. The number of hydrogen-bond acceptors (Lipinski definition) is 2. The molecule has 2 nitrogen and oxygen atoms in total. The zero-order chi connectivity index (χ0) is 10.3. The molecule has 2 atom stereocenters. The van der Waals surface area contributed by atoms with E-state index < -0.39 is 0 Å². The Morgan fingerprint density at radius 2 is 2.08 bits per heavy atom. The van der Waals surface area contributed by atoms with Crippen molar-refractivity contribution in [1.82, 2.24) is 0 Å². The molecule has 13 heavy (non-hydrogen) atoms. The van der Waals surface area contributed by atoms with Gasteiger partial charge in [0.05, 0.1) is 5.92 Å². The molecule has 0 amide bonds. The minimum atomic E-state index is -0.0697. The third-order valence-corrected chi connectivity index (χ3v) is 2.89. The Hall–Kier alpha value is -0.0500. The van der Waals surface area contributed by atoms with E-state index in [2.05, 4.69) is 29.8 Å². The summed E-state index contributed by atoms with van der Waals surface area (Å²) in [6.07, 6.45) is 2.93. The highest BCUT2D eigenvalue weighted by Crippen LogP contribution is 2.10. The highest BCUT2D eigenvalue weighted by atomic mass is 79.9. The van der Waals surface area contributed by atoms with Crippen molar-refractivity contribution < 1.29 is 9.53 Å². The summed E-state index contributed by atoms with van der Waals surface area (Å²) in [4.78, 5) is 11.6. The molecule has 0 bridgehead atoms. The molecular formula is C10H19BrO2. The van der Waals surface area contributed by atoms with Gasteiger partial charge in [0.2, 0.25) is 0 Å². The number of carbonyl (C=O) groups excluding carboxylic acids is 1. The van der Waals surface area contributed by atoms with Crippen molar-refractivity contribution in [2.45, 2.75) is 44.9 Å². The van der Waals surface area contributed by atoms with Crippen LogP contribution in [0.2, 0.25) is 0 Å². The Bertz CT molecular complexity index is 148. The Balaban J connectivity index is 3.61. The average molecular weight is 251 g/mol. The molecular weight excluding hydrogens is 232 g/mol. The van der Waals surface area contributed by atoms with Crippen molar-refractivity contribution >= 4 is 21.9 Å². The molecule has 0 radical (unpaired) electrons. The first-order chi connectivity index (χ1) is 6.11. The lowest BCUT2D eigenvalue weighted by Gasteiger charge is -2.12. The second kappa shape index (κ2) is 7.36. The molecule has 0 rings (SSSR count). The first-order valence-corrected chi connectivity index (χ1v) is 5.84. The van der Waals surface area contributed by atoms with Crippen molar-refractivity contribution in [3.8, 4) is 0 Å². The Labute approximate surface area is 89.2 Å². The monoisotopic (exact) mass is 250 g/mol. The number of hydrogen-bond donors (Lipinski definition) is 0. The van der Waals surface area contributed by atoms with Crippen LogP contribution in [0.1, 0.15) is 40.0 Å². The van der Waals surface area contributed by atoms with Gasteiger partial charge in [-0.25, -0.2) is 0 Å². The van der Waals surface area contributed by atoms with Crippen LogP contribution in [0.3, 0.4) is 0 Å². The van der Waals surface area contributed by atoms with E-state index in [0.29, 0.717) is 11.4 Å². The van der Waals surface area contributed by atoms with Gasteiger partial charge in [-0.15, -0.1) is 0 Å². The number of alkyl halides is 1. The lowest BCUT2D eigenvalue weighted by atomic mass is 10.1. The Morgan fingerprint density at radius 3 is 2.54 bits per heavy atom. The van der Waals surface area contributed by atoms with Crippen LogP contribution in [-0.2, 0) is 9.53 Å². The molecule has 0 aromatic heterocycles. The third kappa shape index (κ3) is 6.08. The summed E-state index contributed by atoms with van der Waals surface area (Å²) < 4.78 is 5.12. The summed E-state index contributed by atoms with van der Waals surface area (Å²) in [7, 11) is 0. The first kappa shape index (κ1) is 12.9. The number of halogens is 1. The van der Waals surface area contributed by atoms with Gasteiger partial charge in [-0.1, -0.05) is 43.1 Å². The number of ether oxygens (including phenoxy) is 1. The van der Waals surface area contributed by atoms with Gasteiger partial charge in [-0.2, -0.15) is 0 Å². The fourth-order valence-electron chi connectivity index (χ4n) is 0.984. The number of esters is 1. The molecule has 0 saturated carbocycles. The van der Waals surface area contributed by atoms with Crippen LogP contribution in [0.25, 0.3) is 0 Å². The standard InChI is InChI=1S/C10H19BrO2/c1-4-6-8(3)10(12)13-7-9(11)5-2/h8-9H,4-7H2,1-3H3. The van der Waals surface area contributed by atoms with Crippen molar-refractivity contribution in [3.63, 3.8) is 0 Å². The van der Waals surface area contributed by atoms with Crippen LogP contribution >= 0.6 is 15.9 Å². The van der Waals surface area contributed by atoms with Crippen LogP contribution < -0.4 is 0 Å². The number of rotatable bonds is 6. The van der Waals surface area contributed by atoms with Gasteiger partial charge < -0.3 is 4.74 Å². The van der Waals surface area contributed by atoms with Gasteiger partial charge in [0.25, 0.3) is 0 Å². The van der Waals surface area contributed by atoms with Gasteiger partial charge in [0, 0.05) is 4.83 Å². The molecule has 0 saturated heterocycles. The largest absolute Gasteiger partial charge is 0.464 e. The van der Waals surface area contributed by atoms with Crippen LogP contribution in [-0.4, -0.2) is 17.4 Å². The van der Waals surface area contributed by atoms with E-state index in [9.17, 15) is 4.79 Å². The van der Waals surface area contributed by atoms with Crippen molar-refractivity contribution in [3.05, 3.63) is 0 Å². The van der Waals surface area contributed by atoms with Gasteiger partial charge in [0.15, 0.2) is 0 Å². The molecule has 0 aromatic rings. The van der Waals surface area contributed by atoms with Crippen LogP contribution in [0, 0.1) is 5.92 Å². The quantitative estimate of drug-likeness (QED) is 0.535. The molecule has 2 unspecified atom stereocenters. The van der Waals surface area contributed by atoms with E-state index in [0.717, 1.165) is 19.3 Å². The molecule has 0 aliphatic heterocycles. The van der Waals surface area contributed by atoms with Crippen LogP contribution in [0.15, 0.2) is 0 Å². The van der Waals surface area contributed by atoms with Gasteiger partial charge in [-0.05, 0) is 12.8 Å². The molecule has 0 fully saturated rings. The Morgan fingerprint density at radius 1 is 1.46 bits per heavy atom. The zero-order valence-corrected chi connectivity index (χ0v) is 10.3. The predicted octanol–water partition coefficient (Wildman–Crippen LogP) is 3.14. The second-order valence-corrected chi connectivity index (χ2v) is 4.62. The average Bonchev–Trinajstić information content (AvgIpc) is 2.13. The van der Waals surface area contributed by atoms with Crippen LogP contribution in [0.4, 0.5) is 0 Å².